The molecule has 1 aliphatic rings. The standard InChI is InChI=1S/C20H23N7O5/c21-25-23-13-16-24-14-5-1-2-6-15(14)26(16)12-4-11-22-17(28)7-3-8-20(31)32-27-18(29)9-10-19(27)30/h1-2,5-6H,3-4,7-13H2,(H,22,28). The molecule has 1 saturated heterocycles. The van der Waals surface area contributed by atoms with Gasteiger partial charge in [-0.1, -0.05) is 17.2 Å². The molecule has 1 aromatic heterocycles. The number of fused-ring (bicyclic) bond motifs is 1. The molecule has 1 N–H and O–H groups in total. The van der Waals surface area contributed by atoms with Crippen molar-refractivity contribution in [1.29, 1.82) is 0 Å². The van der Waals surface area contributed by atoms with Gasteiger partial charge in [-0.3, -0.25) is 14.4 Å². The second kappa shape index (κ2) is 10.9. The number of amides is 3. The van der Waals surface area contributed by atoms with Crippen molar-refractivity contribution in [2.75, 3.05) is 6.54 Å². The quantitative estimate of drug-likeness (QED) is 0.185. The van der Waals surface area contributed by atoms with Crippen LogP contribution >= 0.6 is 0 Å². The van der Waals surface area contributed by atoms with E-state index in [0.717, 1.165) is 11.0 Å². The van der Waals surface area contributed by atoms with E-state index in [2.05, 4.69) is 20.3 Å². The van der Waals surface area contributed by atoms with Crippen molar-refractivity contribution >= 4 is 34.7 Å². The molecule has 2 heterocycles. The Morgan fingerprint density at radius 2 is 1.91 bits per heavy atom. The zero-order valence-electron chi connectivity index (χ0n) is 17.4. The Kier molecular flexibility index (Phi) is 7.76. The van der Waals surface area contributed by atoms with E-state index in [-0.39, 0.29) is 44.6 Å². The molecule has 0 radical (unpaired) electrons. The van der Waals surface area contributed by atoms with Crippen LogP contribution < -0.4 is 5.32 Å². The van der Waals surface area contributed by atoms with Gasteiger partial charge in [-0.2, -0.15) is 0 Å². The number of hydroxylamine groups is 2. The average molecular weight is 441 g/mol. The van der Waals surface area contributed by atoms with Crippen molar-refractivity contribution in [3.05, 3.63) is 40.5 Å². The van der Waals surface area contributed by atoms with Crippen molar-refractivity contribution in [2.45, 2.75) is 51.6 Å². The van der Waals surface area contributed by atoms with Gasteiger partial charge in [0.1, 0.15) is 5.82 Å². The Morgan fingerprint density at radius 1 is 1.16 bits per heavy atom. The van der Waals surface area contributed by atoms with Crippen molar-refractivity contribution in [3.8, 4) is 0 Å². The molecule has 12 nitrogen and oxygen atoms in total. The summed E-state index contributed by atoms with van der Waals surface area (Å²) in [6, 6.07) is 7.60. The smallest absolute Gasteiger partial charge is 0.333 e. The molecule has 0 atom stereocenters. The van der Waals surface area contributed by atoms with E-state index < -0.39 is 17.8 Å². The molecule has 3 rings (SSSR count). The third kappa shape index (κ3) is 5.82. The summed E-state index contributed by atoms with van der Waals surface area (Å²) in [5.74, 6) is -1.34. The molecule has 168 valence electrons. The number of aryl methyl sites for hydroxylation is 1. The number of nitrogens with zero attached hydrogens (tertiary/aromatic N) is 6. The van der Waals surface area contributed by atoms with Crippen LogP contribution in [0.5, 0.6) is 0 Å². The monoisotopic (exact) mass is 441 g/mol. The molecule has 0 aliphatic carbocycles. The van der Waals surface area contributed by atoms with E-state index >= 15 is 0 Å². The molecule has 1 aromatic carbocycles. The van der Waals surface area contributed by atoms with Gasteiger partial charge in [0.2, 0.25) is 5.91 Å². The fourth-order valence-electron chi connectivity index (χ4n) is 3.34. The summed E-state index contributed by atoms with van der Waals surface area (Å²) < 4.78 is 1.97. The summed E-state index contributed by atoms with van der Waals surface area (Å²) in [5, 5.41) is 6.88. The fourth-order valence-corrected chi connectivity index (χ4v) is 3.34. The van der Waals surface area contributed by atoms with Crippen LogP contribution in [0.4, 0.5) is 0 Å². The summed E-state index contributed by atoms with van der Waals surface area (Å²) >= 11 is 0. The highest BCUT2D eigenvalue weighted by Gasteiger charge is 2.32. The van der Waals surface area contributed by atoms with Crippen LogP contribution in [0.25, 0.3) is 21.5 Å². The third-order valence-electron chi connectivity index (χ3n) is 4.87. The molecule has 0 saturated carbocycles. The number of rotatable bonds is 11. The topological polar surface area (TPSA) is 159 Å². The maximum Gasteiger partial charge on any atom is 0.333 e. The van der Waals surface area contributed by atoms with Gasteiger partial charge in [0.05, 0.1) is 17.6 Å². The SMILES string of the molecule is [N-]=[N+]=NCc1nc2ccccc2n1CCCNC(=O)CCCC(=O)ON1C(=O)CCC1=O. The Hall–Kier alpha value is -3.92. The van der Waals surface area contributed by atoms with Crippen LogP contribution in [0.3, 0.4) is 0 Å². The van der Waals surface area contributed by atoms with E-state index in [0.29, 0.717) is 30.4 Å². The molecule has 32 heavy (non-hydrogen) atoms. The maximum atomic E-state index is 12.0. The lowest BCUT2D eigenvalue weighted by Gasteiger charge is -2.12. The van der Waals surface area contributed by atoms with Crippen LogP contribution in [0.15, 0.2) is 29.4 Å². The van der Waals surface area contributed by atoms with Gasteiger partial charge in [0.25, 0.3) is 11.8 Å². The summed E-state index contributed by atoms with van der Waals surface area (Å²) in [7, 11) is 0. The van der Waals surface area contributed by atoms with Crippen LogP contribution in [0.2, 0.25) is 0 Å². The summed E-state index contributed by atoms with van der Waals surface area (Å²) in [4.78, 5) is 58.6. The second-order valence-electron chi connectivity index (χ2n) is 7.16. The van der Waals surface area contributed by atoms with Gasteiger partial charge in [0, 0.05) is 43.7 Å². The number of azide groups is 1. The first kappa shape index (κ1) is 22.8. The summed E-state index contributed by atoms with van der Waals surface area (Å²) in [6.45, 7) is 1.15. The summed E-state index contributed by atoms with van der Waals surface area (Å²) in [6.07, 6.45) is 0.994. The van der Waals surface area contributed by atoms with Crippen LogP contribution in [-0.2, 0) is 37.1 Å². The first-order chi connectivity index (χ1) is 15.5. The minimum atomic E-state index is -0.721. The number of nitrogens with one attached hydrogen (secondary N) is 1. The molecule has 3 amide bonds. The Balaban J connectivity index is 1.38. The number of para-hydroxylation sites is 2. The van der Waals surface area contributed by atoms with Crippen LogP contribution in [-0.4, -0.2) is 44.8 Å². The van der Waals surface area contributed by atoms with E-state index in [1.54, 1.807) is 0 Å². The van der Waals surface area contributed by atoms with Gasteiger partial charge in [-0.05, 0) is 30.5 Å². The first-order valence-corrected chi connectivity index (χ1v) is 10.3. The predicted octanol–water partition coefficient (Wildman–Crippen LogP) is 2.13. The lowest BCUT2D eigenvalue weighted by molar-refractivity contribution is -0.197. The molecule has 12 heteroatoms. The van der Waals surface area contributed by atoms with Gasteiger partial charge in [-0.15, -0.1) is 5.06 Å². The number of imide groups is 1. The normalized spacial score (nSPS) is 13.3. The van der Waals surface area contributed by atoms with E-state index in [1.165, 1.54) is 0 Å². The van der Waals surface area contributed by atoms with Gasteiger partial charge < -0.3 is 14.7 Å². The highest BCUT2D eigenvalue weighted by atomic mass is 16.7. The highest BCUT2D eigenvalue weighted by molar-refractivity contribution is 6.01. The third-order valence-corrected chi connectivity index (χ3v) is 4.87. The Morgan fingerprint density at radius 3 is 2.66 bits per heavy atom. The average Bonchev–Trinajstić information content (AvgIpc) is 3.29. The van der Waals surface area contributed by atoms with Crippen molar-refractivity contribution < 1.29 is 24.0 Å². The number of aromatic nitrogens is 2. The Labute approximate surface area is 183 Å². The summed E-state index contributed by atoms with van der Waals surface area (Å²) in [5.41, 5.74) is 10.3. The second-order valence-corrected chi connectivity index (χ2v) is 7.16. The van der Waals surface area contributed by atoms with Crippen molar-refractivity contribution in [3.63, 3.8) is 0 Å². The number of benzene rings is 1. The lowest BCUT2D eigenvalue weighted by Crippen LogP contribution is -2.32. The first-order valence-electron chi connectivity index (χ1n) is 10.3. The molecule has 1 fully saturated rings. The fraction of sp³-hybridized carbons (Fsp3) is 0.450. The number of carbonyl (C=O) groups excluding carboxylic acids is 4. The van der Waals surface area contributed by atoms with E-state index in [9.17, 15) is 19.2 Å². The van der Waals surface area contributed by atoms with Crippen molar-refractivity contribution in [2.24, 2.45) is 5.11 Å². The molecule has 0 bridgehead atoms. The number of hydrogen-bond acceptors (Lipinski definition) is 7. The van der Waals surface area contributed by atoms with E-state index in [4.69, 9.17) is 10.4 Å². The molecular formula is C20H23N7O5. The molecule has 0 unspecified atom stereocenters. The Bertz CT molecular complexity index is 1060. The van der Waals surface area contributed by atoms with Crippen molar-refractivity contribution in [1.82, 2.24) is 19.9 Å². The molecule has 1 aliphatic heterocycles. The maximum absolute atomic E-state index is 12.0. The predicted molar refractivity (Wildman–Crippen MR) is 111 cm³/mol. The van der Waals surface area contributed by atoms with Gasteiger partial charge >= 0.3 is 5.97 Å². The lowest BCUT2D eigenvalue weighted by atomic mass is 10.2. The van der Waals surface area contributed by atoms with Crippen LogP contribution in [0.1, 0.15) is 44.3 Å². The van der Waals surface area contributed by atoms with Gasteiger partial charge in [-0.25, -0.2) is 9.78 Å². The van der Waals surface area contributed by atoms with E-state index in [1.807, 2.05) is 28.8 Å². The van der Waals surface area contributed by atoms with Crippen LogP contribution in [0, 0.1) is 0 Å². The highest BCUT2D eigenvalue weighted by Crippen LogP contribution is 2.17. The number of hydrogen-bond donors (Lipinski definition) is 1. The largest absolute Gasteiger partial charge is 0.356 e. The minimum absolute atomic E-state index is 0.0381. The zero-order chi connectivity index (χ0) is 22.9. The molecule has 2 aromatic rings. The van der Waals surface area contributed by atoms with Gasteiger partial charge in [0.15, 0.2) is 0 Å². The molecule has 0 spiro atoms. The zero-order valence-corrected chi connectivity index (χ0v) is 17.4. The minimum Gasteiger partial charge on any atom is -0.356 e. The molecular weight excluding hydrogens is 418 g/mol. The number of imidazole rings is 1. The number of carbonyl (C=O) groups is 4.